The van der Waals surface area contributed by atoms with Gasteiger partial charge in [0.1, 0.15) is 6.61 Å². The van der Waals surface area contributed by atoms with Crippen molar-refractivity contribution in [1.82, 2.24) is 10.2 Å². The fourth-order valence-electron chi connectivity index (χ4n) is 2.64. The fraction of sp³-hybridized carbons (Fsp3) is 0.429. The van der Waals surface area contributed by atoms with E-state index in [0.29, 0.717) is 34.8 Å². The van der Waals surface area contributed by atoms with Crippen LogP contribution >= 0.6 is 23.2 Å². The summed E-state index contributed by atoms with van der Waals surface area (Å²) in [6.07, 6.45) is 1.10. The number of hydrogen-bond donors (Lipinski definition) is 1. The van der Waals surface area contributed by atoms with E-state index in [1.807, 2.05) is 43.3 Å². The summed E-state index contributed by atoms with van der Waals surface area (Å²) in [6.45, 7) is 5.56. The molecule has 4 nitrogen and oxygen atoms in total. The van der Waals surface area contributed by atoms with Crippen molar-refractivity contribution in [2.75, 3.05) is 33.8 Å². The minimum absolute atomic E-state index is 0.335. The van der Waals surface area contributed by atoms with Gasteiger partial charge in [0.15, 0.2) is 11.5 Å². The lowest BCUT2D eigenvalue weighted by Gasteiger charge is -2.16. The van der Waals surface area contributed by atoms with E-state index < -0.39 is 0 Å². The second-order valence-corrected chi connectivity index (χ2v) is 7.37. The second kappa shape index (κ2) is 11.4. The lowest BCUT2D eigenvalue weighted by atomic mass is 10.2. The van der Waals surface area contributed by atoms with Gasteiger partial charge in [-0.25, -0.2) is 0 Å². The van der Waals surface area contributed by atoms with Gasteiger partial charge in [0.2, 0.25) is 0 Å². The van der Waals surface area contributed by atoms with Crippen LogP contribution in [0.2, 0.25) is 10.0 Å². The number of benzene rings is 2. The standard InChI is InChI=1S/C21H28Cl2N2O2/c1-4-26-20-13-16(14-24-10-7-11-25(2)3)12-19(23)21(20)27-15-17-8-5-6-9-18(17)22/h5-6,8-9,12-13,24H,4,7,10-11,14-15H2,1-3H3. The maximum atomic E-state index is 6.49. The van der Waals surface area contributed by atoms with E-state index in [1.165, 1.54) is 0 Å². The van der Waals surface area contributed by atoms with Gasteiger partial charge in [-0.1, -0.05) is 41.4 Å². The van der Waals surface area contributed by atoms with Crippen LogP contribution in [0, 0.1) is 0 Å². The van der Waals surface area contributed by atoms with Crippen LogP contribution in [0.3, 0.4) is 0 Å². The van der Waals surface area contributed by atoms with Crippen LogP contribution in [-0.2, 0) is 13.2 Å². The molecule has 0 aromatic heterocycles. The highest BCUT2D eigenvalue weighted by Crippen LogP contribution is 2.37. The van der Waals surface area contributed by atoms with Crippen LogP contribution in [0.1, 0.15) is 24.5 Å². The lowest BCUT2D eigenvalue weighted by Crippen LogP contribution is -2.21. The third-order valence-corrected chi connectivity index (χ3v) is 4.64. The van der Waals surface area contributed by atoms with Gasteiger partial charge in [-0.2, -0.15) is 0 Å². The van der Waals surface area contributed by atoms with Crippen LogP contribution < -0.4 is 14.8 Å². The Hall–Kier alpha value is -1.46. The number of ether oxygens (including phenoxy) is 2. The van der Waals surface area contributed by atoms with Crippen molar-refractivity contribution >= 4 is 23.2 Å². The molecule has 0 amide bonds. The second-order valence-electron chi connectivity index (χ2n) is 6.55. The van der Waals surface area contributed by atoms with Crippen molar-refractivity contribution in [3.63, 3.8) is 0 Å². The predicted octanol–water partition coefficient (Wildman–Crippen LogP) is 5.01. The molecular formula is C21H28Cl2N2O2. The first-order valence-corrected chi connectivity index (χ1v) is 9.93. The summed E-state index contributed by atoms with van der Waals surface area (Å²) in [7, 11) is 4.16. The molecule has 0 spiro atoms. The van der Waals surface area contributed by atoms with Crippen molar-refractivity contribution in [1.29, 1.82) is 0 Å². The number of hydrogen-bond acceptors (Lipinski definition) is 4. The van der Waals surface area contributed by atoms with Crippen molar-refractivity contribution in [2.24, 2.45) is 0 Å². The highest BCUT2D eigenvalue weighted by atomic mass is 35.5. The molecule has 0 unspecified atom stereocenters. The van der Waals surface area contributed by atoms with E-state index in [1.54, 1.807) is 0 Å². The average molecular weight is 411 g/mol. The average Bonchev–Trinajstić information content (AvgIpc) is 2.62. The number of nitrogens with zero attached hydrogens (tertiary/aromatic N) is 1. The highest BCUT2D eigenvalue weighted by molar-refractivity contribution is 6.32. The zero-order valence-electron chi connectivity index (χ0n) is 16.2. The van der Waals surface area contributed by atoms with Crippen molar-refractivity contribution < 1.29 is 9.47 Å². The van der Waals surface area contributed by atoms with Crippen LogP contribution in [0.15, 0.2) is 36.4 Å². The Balaban J connectivity index is 2.03. The maximum absolute atomic E-state index is 6.49. The monoisotopic (exact) mass is 410 g/mol. The summed E-state index contributed by atoms with van der Waals surface area (Å²) < 4.78 is 11.7. The fourth-order valence-corrected chi connectivity index (χ4v) is 3.12. The molecule has 0 heterocycles. The Kier molecular flexibility index (Phi) is 9.22. The normalized spacial score (nSPS) is 11.0. The summed E-state index contributed by atoms with van der Waals surface area (Å²) >= 11 is 12.7. The molecule has 27 heavy (non-hydrogen) atoms. The Labute approximate surface area is 172 Å². The molecule has 0 atom stereocenters. The SMILES string of the molecule is CCOc1cc(CNCCCN(C)C)cc(Cl)c1OCc1ccccc1Cl. The first-order chi connectivity index (χ1) is 13.0. The van der Waals surface area contributed by atoms with Gasteiger partial charge in [0, 0.05) is 17.1 Å². The maximum Gasteiger partial charge on any atom is 0.180 e. The molecule has 0 aliphatic heterocycles. The molecule has 0 saturated heterocycles. The van der Waals surface area contributed by atoms with Crippen molar-refractivity contribution in [3.05, 3.63) is 57.6 Å². The van der Waals surface area contributed by atoms with Gasteiger partial charge in [0.25, 0.3) is 0 Å². The largest absolute Gasteiger partial charge is 0.490 e. The van der Waals surface area contributed by atoms with Gasteiger partial charge in [-0.15, -0.1) is 0 Å². The minimum Gasteiger partial charge on any atom is -0.490 e. The highest BCUT2D eigenvalue weighted by Gasteiger charge is 2.13. The first-order valence-electron chi connectivity index (χ1n) is 9.18. The van der Waals surface area contributed by atoms with Crippen LogP contribution in [0.5, 0.6) is 11.5 Å². The number of nitrogens with one attached hydrogen (secondary N) is 1. The van der Waals surface area contributed by atoms with Crippen LogP contribution in [0.25, 0.3) is 0 Å². The third-order valence-electron chi connectivity index (χ3n) is 3.99. The van der Waals surface area contributed by atoms with E-state index >= 15 is 0 Å². The van der Waals surface area contributed by atoms with Gasteiger partial charge < -0.3 is 19.7 Å². The molecule has 0 saturated carbocycles. The Morgan fingerprint density at radius 1 is 1.04 bits per heavy atom. The predicted molar refractivity (Wildman–Crippen MR) is 113 cm³/mol. The van der Waals surface area contributed by atoms with Gasteiger partial charge in [0.05, 0.1) is 11.6 Å². The Morgan fingerprint density at radius 3 is 2.52 bits per heavy atom. The van der Waals surface area contributed by atoms with Gasteiger partial charge in [-0.05, 0) is 64.3 Å². The molecule has 0 radical (unpaired) electrons. The molecular weight excluding hydrogens is 383 g/mol. The van der Waals surface area contributed by atoms with Crippen LogP contribution in [-0.4, -0.2) is 38.7 Å². The zero-order chi connectivity index (χ0) is 19.6. The third kappa shape index (κ3) is 7.23. The topological polar surface area (TPSA) is 33.7 Å². The molecule has 6 heteroatoms. The minimum atomic E-state index is 0.335. The molecule has 0 aliphatic rings. The number of rotatable bonds is 11. The summed E-state index contributed by atoms with van der Waals surface area (Å²) in [5.74, 6) is 1.21. The summed E-state index contributed by atoms with van der Waals surface area (Å²) in [6, 6.07) is 11.5. The molecule has 0 aliphatic carbocycles. The van der Waals surface area contributed by atoms with Crippen molar-refractivity contribution in [3.8, 4) is 11.5 Å². The van der Waals surface area contributed by atoms with Gasteiger partial charge in [-0.3, -0.25) is 0 Å². The van der Waals surface area contributed by atoms with E-state index in [0.717, 1.165) is 37.2 Å². The van der Waals surface area contributed by atoms with E-state index in [-0.39, 0.29) is 0 Å². The summed E-state index contributed by atoms with van der Waals surface area (Å²) in [5.41, 5.74) is 1.97. The quantitative estimate of drug-likeness (QED) is 0.527. The lowest BCUT2D eigenvalue weighted by molar-refractivity contribution is 0.269. The zero-order valence-corrected chi connectivity index (χ0v) is 17.7. The molecule has 148 valence electrons. The summed E-state index contributed by atoms with van der Waals surface area (Å²) in [5, 5.41) is 4.65. The molecule has 2 rings (SSSR count). The summed E-state index contributed by atoms with van der Waals surface area (Å²) in [4.78, 5) is 2.18. The van der Waals surface area contributed by atoms with Crippen molar-refractivity contribution in [2.45, 2.75) is 26.5 Å². The van der Waals surface area contributed by atoms with E-state index in [4.69, 9.17) is 32.7 Å². The van der Waals surface area contributed by atoms with Gasteiger partial charge >= 0.3 is 0 Å². The number of halogens is 2. The molecule has 2 aromatic carbocycles. The van der Waals surface area contributed by atoms with Crippen LogP contribution in [0.4, 0.5) is 0 Å². The first kappa shape index (κ1) is 21.8. The molecule has 2 aromatic rings. The Bertz CT molecular complexity index is 723. The molecule has 0 fully saturated rings. The smallest absolute Gasteiger partial charge is 0.180 e. The molecule has 0 bridgehead atoms. The molecule has 1 N–H and O–H groups in total. The van der Waals surface area contributed by atoms with E-state index in [9.17, 15) is 0 Å². The Morgan fingerprint density at radius 2 is 1.81 bits per heavy atom. The van der Waals surface area contributed by atoms with E-state index in [2.05, 4.69) is 24.3 Å².